The zero-order valence-electron chi connectivity index (χ0n) is 16.9. The number of hydrogen-bond donors (Lipinski definition) is 1. The van der Waals surface area contributed by atoms with E-state index in [1.54, 1.807) is 12.1 Å². The molecule has 0 spiro atoms. The zero-order valence-corrected chi connectivity index (χ0v) is 18.5. The smallest absolute Gasteiger partial charge is 0.243 e. The Kier molecular flexibility index (Phi) is 6.53. The van der Waals surface area contributed by atoms with Gasteiger partial charge in [0.1, 0.15) is 11.8 Å². The van der Waals surface area contributed by atoms with Gasteiger partial charge in [-0.1, -0.05) is 54.1 Å². The molecule has 0 saturated carbocycles. The summed E-state index contributed by atoms with van der Waals surface area (Å²) in [6.45, 7) is 1.80. The molecule has 0 aliphatic carbocycles. The number of amides is 1. The van der Waals surface area contributed by atoms with Crippen LogP contribution < -0.4 is 14.4 Å². The molecule has 0 unspecified atom stereocenters. The van der Waals surface area contributed by atoms with Crippen molar-refractivity contribution in [2.45, 2.75) is 19.5 Å². The molecule has 0 aliphatic rings. The van der Waals surface area contributed by atoms with Crippen LogP contribution in [0.25, 0.3) is 10.8 Å². The van der Waals surface area contributed by atoms with Crippen molar-refractivity contribution < 1.29 is 17.9 Å². The van der Waals surface area contributed by atoms with Gasteiger partial charge in [0.25, 0.3) is 0 Å². The first kappa shape index (κ1) is 21.9. The Morgan fingerprint density at radius 1 is 1.13 bits per heavy atom. The third-order valence-corrected chi connectivity index (χ3v) is 6.26. The van der Waals surface area contributed by atoms with Crippen LogP contribution >= 0.6 is 11.6 Å². The molecule has 3 aromatic rings. The molecule has 1 atom stereocenters. The van der Waals surface area contributed by atoms with E-state index in [-0.39, 0.29) is 12.2 Å². The minimum atomic E-state index is -3.80. The van der Waals surface area contributed by atoms with E-state index in [2.05, 4.69) is 5.32 Å². The van der Waals surface area contributed by atoms with Crippen molar-refractivity contribution in [3.05, 3.63) is 71.2 Å². The monoisotopic (exact) mass is 446 g/mol. The van der Waals surface area contributed by atoms with Crippen LogP contribution in [0.3, 0.4) is 0 Å². The van der Waals surface area contributed by atoms with E-state index in [1.807, 2.05) is 42.5 Å². The Balaban J connectivity index is 1.87. The van der Waals surface area contributed by atoms with Crippen LogP contribution in [0.2, 0.25) is 5.02 Å². The predicted octanol–water partition coefficient (Wildman–Crippen LogP) is 3.97. The fourth-order valence-electron chi connectivity index (χ4n) is 3.39. The van der Waals surface area contributed by atoms with Crippen LogP contribution in [0.5, 0.6) is 5.75 Å². The van der Waals surface area contributed by atoms with Crippen molar-refractivity contribution in [3.8, 4) is 5.75 Å². The predicted molar refractivity (Wildman–Crippen MR) is 121 cm³/mol. The first-order chi connectivity index (χ1) is 14.2. The summed E-state index contributed by atoms with van der Waals surface area (Å²) in [6, 6.07) is 17.3. The van der Waals surface area contributed by atoms with Gasteiger partial charge in [-0.15, -0.1) is 0 Å². The number of methoxy groups -OCH3 is 1. The molecule has 0 bridgehead atoms. The molecule has 158 valence electrons. The molecule has 3 rings (SSSR count). The quantitative estimate of drug-likeness (QED) is 0.595. The normalized spacial score (nSPS) is 12.4. The zero-order chi connectivity index (χ0) is 21.9. The van der Waals surface area contributed by atoms with Crippen molar-refractivity contribution in [3.63, 3.8) is 0 Å². The number of ether oxygens (including phenoxy) is 1. The van der Waals surface area contributed by atoms with Gasteiger partial charge in [0, 0.05) is 11.6 Å². The lowest BCUT2D eigenvalue weighted by atomic mass is 10.0. The van der Waals surface area contributed by atoms with Gasteiger partial charge in [-0.3, -0.25) is 9.10 Å². The third-order valence-electron chi connectivity index (χ3n) is 4.80. The fourth-order valence-corrected chi connectivity index (χ4v) is 4.73. The minimum absolute atomic E-state index is 0.209. The first-order valence-corrected chi connectivity index (χ1v) is 11.5. The maximum atomic E-state index is 12.9. The van der Waals surface area contributed by atoms with Crippen molar-refractivity contribution in [1.29, 1.82) is 0 Å². The van der Waals surface area contributed by atoms with E-state index in [0.29, 0.717) is 10.8 Å². The van der Waals surface area contributed by atoms with Crippen LogP contribution in [0.4, 0.5) is 5.69 Å². The third kappa shape index (κ3) is 4.68. The summed E-state index contributed by atoms with van der Waals surface area (Å²) in [7, 11) is -2.37. The van der Waals surface area contributed by atoms with Crippen LogP contribution in [-0.4, -0.2) is 33.7 Å². The number of halogens is 1. The summed E-state index contributed by atoms with van der Waals surface area (Å²) < 4.78 is 31.4. The molecular formula is C22H23ClN2O4S. The molecule has 0 aromatic heterocycles. The van der Waals surface area contributed by atoms with Crippen molar-refractivity contribution in [2.75, 3.05) is 17.7 Å². The Bertz CT molecular complexity index is 1180. The van der Waals surface area contributed by atoms with Crippen LogP contribution in [0.15, 0.2) is 60.7 Å². The molecule has 0 saturated heterocycles. The Labute approximate surface area is 181 Å². The molecule has 0 fully saturated rings. The standard InChI is InChI=1S/C22H23ClN2O4S/c1-15(25(30(3,27)28)20-13-18(23)11-12-21(20)29-2)22(26)24-14-17-9-6-8-16-7-4-5-10-19(16)17/h4-13,15H,14H2,1-3H3,(H,24,26)/t15-/m0/s1. The summed E-state index contributed by atoms with van der Waals surface area (Å²) in [5, 5.41) is 5.28. The van der Waals surface area contributed by atoms with Gasteiger partial charge in [-0.05, 0) is 41.5 Å². The number of carbonyl (C=O) groups excluding carboxylic acids is 1. The average molecular weight is 447 g/mol. The van der Waals surface area contributed by atoms with Crippen molar-refractivity contribution >= 4 is 44.0 Å². The van der Waals surface area contributed by atoms with E-state index >= 15 is 0 Å². The van der Waals surface area contributed by atoms with E-state index in [1.165, 1.54) is 20.1 Å². The summed E-state index contributed by atoms with van der Waals surface area (Å²) in [5.41, 5.74) is 1.15. The van der Waals surface area contributed by atoms with Crippen LogP contribution in [-0.2, 0) is 21.4 Å². The summed E-state index contributed by atoms with van der Waals surface area (Å²) in [6.07, 6.45) is 1.04. The topological polar surface area (TPSA) is 75.7 Å². The molecular weight excluding hydrogens is 424 g/mol. The number of carbonyl (C=O) groups is 1. The molecule has 3 aromatic carbocycles. The van der Waals surface area contributed by atoms with E-state index in [4.69, 9.17) is 16.3 Å². The Morgan fingerprint density at radius 3 is 2.53 bits per heavy atom. The number of rotatable bonds is 7. The van der Waals surface area contributed by atoms with Crippen LogP contribution in [0, 0.1) is 0 Å². The molecule has 1 amide bonds. The summed E-state index contributed by atoms with van der Waals surface area (Å²) >= 11 is 6.07. The SMILES string of the molecule is COc1ccc(Cl)cc1N([C@@H](C)C(=O)NCc1cccc2ccccc12)S(C)(=O)=O. The average Bonchev–Trinajstić information content (AvgIpc) is 2.71. The second-order valence-corrected chi connectivity index (χ2v) is 9.20. The van der Waals surface area contributed by atoms with E-state index in [9.17, 15) is 13.2 Å². The number of hydrogen-bond acceptors (Lipinski definition) is 4. The molecule has 0 heterocycles. The number of nitrogens with zero attached hydrogens (tertiary/aromatic N) is 1. The minimum Gasteiger partial charge on any atom is -0.495 e. The lowest BCUT2D eigenvalue weighted by molar-refractivity contribution is -0.122. The van der Waals surface area contributed by atoms with E-state index < -0.39 is 22.0 Å². The molecule has 8 heteroatoms. The van der Waals surface area contributed by atoms with Gasteiger partial charge in [0.2, 0.25) is 15.9 Å². The number of nitrogens with one attached hydrogen (secondary N) is 1. The first-order valence-electron chi connectivity index (χ1n) is 9.29. The number of anilines is 1. The van der Waals surface area contributed by atoms with Gasteiger partial charge >= 0.3 is 0 Å². The highest BCUT2D eigenvalue weighted by Gasteiger charge is 2.31. The number of sulfonamides is 1. The lowest BCUT2D eigenvalue weighted by Gasteiger charge is -2.29. The van der Waals surface area contributed by atoms with Gasteiger partial charge < -0.3 is 10.1 Å². The van der Waals surface area contributed by atoms with Gasteiger partial charge in [-0.2, -0.15) is 0 Å². The van der Waals surface area contributed by atoms with Gasteiger partial charge in [-0.25, -0.2) is 8.42 Å². The number of fused-ring (bicyclic) bond motifs is 1. The molecule has 0 radical (unpaired) electrons. The second-order valence-electron chi connectivity index (χ2n) is 6.91. The van der Waals surface area contributed by atoms with E-state index in [0.717, 1.165) is 26.9 Å². The maximum absolute atomic E-state index is 12.9. The Hall–Kier alpha value is -2.77. The van der Waals surface area contributed by atoms with Crippen molar-refractivity contribution in [1.82, 2.24) is 5.32 Å². The number of benzene rings is 3. The fraction of sp³-hybridized carbons (Fsp3) is 0.227. The highest BCUT2D eigenvalue weighted by atomic mass is 35.5. The highest BCUT2D eigenvalue weighted by molar-refractivity contribution is 7.92. The highest BCUT2D eigenvalue weighted by Crippen LogP contribution is 2.34. The molecule has 0 aliphatic heterocycles. The molecule has 1 N–H and O–H groups in total. The largest absolute Gasteiger partial charge is 0.495 e. The van der Waals surface area contributed by atoms with Crippen molar-refractivity contribution in [2.24, 2.45) is 0 Å². The molecule has 6 nitrogen and oxygen atoms in total. The molecule has 30 heavy (non-hydrogen) atoms. The lowest BCUT2D eigenvalue weighted by Crippen LogP contribution is -2.47. The van der Waals surface area contributed by atoms with Crippen LogP contribution in [0.1, 0.15) is 12.5 Å². The van der Waals surface area contributed by atoms with Gasteiger partial charge in [0.15, 0.2) is 0 Å². The summed E-state index contributed by atoms with van der Waals surface area (Å²) in [5.74, 6) is -0.131. The second kappa shape index (κ2) is 8.93. The van der Waals surface area contributed by atoms with Gasteiger partial charge in [0.05, 0.1) is 19.1 Å². The maximum Gasteiger partial charge on any atom is 0.243 e. The summed E-state index contributed by atoms with van der Waals surface area (Å²) in [4.78, 5) is 12.9. The Morgan fingerprint density at radius 2 is 1.83 bits per heavy atom.